The van der Waals surface area contributed by atoms with Crippen LogP contribution in [0.15, 0.2) is 18.3 Å². The maximum Gasteiger partial charge on any atom is 0.130 e. The molecule has 3 heteroatoms. The number of aromatic nitrogens is 1. The predicted octanol–water partition coefficient (Wildman–Crippen LogP) is 3.31. The number of likely N-dealkylation sites (tertiary alicyclic amines) is 1. The van der Waals surface area contributed by atoms with Gasteiger partial charge in [0, 0.05) is 24.3 Å². The maximum atomic E-state index is 4.52. The number of piperidine rings is 1. The molecule has 100 valence electrons. The molecule has 2 rings (SSSR count). The average molecular weight is 247 g/mol. The smallest absolute Gasteiger partial charge is 0.130 e. The van der Waals surface area contributed by atoms with Gasteiger partial charge in [-0.1, -0.05) is 26.3 Å². The van der Waals surface area contributed by atoms with Gasteiger partial charge in [-0.15, -0.1) is 0 Å². The van der Waals surface area contributed by atoms with Crippen molar-refractivity contribution in [1.82, 2.24) is 9.88 Å². The van der Waals surface area contributed by atoms with E-state index < -0.39 is 0 Å². The first-order valence-electron chi connectivity index (χ1n) is 7.07. The topological polar surface area (TPSA) is 28.2 Å². The van der Waals surface area contributed by atoms with Gasteiger partial charge in [-0.05, 0) is 38.4 Å². The monoisotopic (exact) mass is 247 g/mol. The SMILES string of the molecule is CC(C)CNc1ncccc1C1CCCCN1C. The first-order chi connectivity index (χ1) is 8.68. The molecule has 0 amide bonds. The lowest BCUT2D eigenvalue weighted by atomic mass is 9.96. The summed E-state index contributed by atoms with van der Waals surface area (Å²) in [6, 6.07) is 4.81. The number of anilines is 1. The van der Waals surface area contributed by atoms with Gasteiger partial charge < -0.3 is 5.32 Å². The maximum absolute atomic E-state index is 4.52. The highest BCUT2D eigenvalue weighted by Crippen LogP contribution is 2.32. The third kappa shape index (κ3) is 3.22. The van der Waals surface area contributed by atoms with E-state index in [2.05, 4.69) is 48.2 Å². The zero-order chi connectivity index (χ0) is 13.0. The lowest BCUT2D eigenvalue weighted by molar-refractivity contribution is 0.187. The van der Waals surface area contributed by atoms with Crippen LogP contribution in [0.5, 0.6) is 0 Å². The molecule has 1 unspecified atom stereocenters. The first kappa shape index (κ1) is 13.3. The van der Waals surface area contributed by atoms with E-state index in [9.17, 15) is 0 Å². The van der Waals surface area contributed by atoms with E-state index in [0.29, 0.717) is 12.0 Å². The molecule has 1 aliphatic heterocycles. The largest absolute Gasteiger partial charge is 0.370 e. The highest BCUT2D eigenvalue weighted by atomic mass is 15.1. The Balaban J connectivity index is 2.15. The van der Waals surface area contributed by atoms with Gasteiger partial charge in [0.15, 0.2) is 0 Å². The number of nitrogens with one attached hydrogen (secondary N) is 1. The van der Waals surface area contributed by atoms with Crippen LogP contribution in [0.25, 0.3) is 0 Å². The number of pyridine rings is 1. The summed E-state index contributed by atoms with van der Waals surface area (Å²) in [6.07, 6.45) is 5.78. The van der Waals surface area contributed by atoms with Gasteiger partial charge in [0.05, 0.1) is 0 Å². The van der Waals surface area contributed by atoms with E-state index >= 15 is 0 Å². The molecule has 1 saturated heterocycles. The molecule has 0 radical (unpaired) electrons. The van der Waals surface area contributed by atoms with E-state index in [1.54, 1.807) is 0 Å². The predicted molar refractivity (Wildman–Crippen MR) is 76.8 cm³/mol. The van der Waals surface area contributed by atoms with Gasteiger partial charge in [0.25, 0.3) is 0 Å². The number of nitrogens with zero attached hydrogens (tertiary/aromatic N) is 2. The van der Waals surface area contributed by atoms with Crippen molar-refractivity contribution in [1.29, 1.82) is 0 Å². The van der Waals surface area contributed by atoms with Crippen LogP contribution in [0.3, 0.4) is 0 Å². The Kier molecular flexibility index (Phi) is 4.59. The number of rotatable bonds is 4. The fraction of sp³-hybridized carbons (Fsp3) is 0.667. The lowest BCUT2D eigenvalue weighted by Crippen LogP contribution is -2.30. The summed E-state index contributed by atoms with van der Waals surface area (Å²) in [4.78, 5) is 6.98. The van der Waals surface area contributed by atoms with Crippen molar-refractivity contribution in [3.05, 3.63) is 23.9 Å². The minimum atomic E-state index is 0.530. The Morgan fingerprint density at radius 1 is 1.44 bits per heavy atom. The molecular formula is C15H25N3. The Morgan fingerprint density at radius 3 is 3.00 bits per heavy atom. The summed E-state index contributed by atoms with van der Waals surface area (Å²) in [6.45, 7) is 6.63. The zero-order valence-electron chi connectivity index (χ0n) is 11.8. The van der Waals surface area contributed by atoms with Crippen molar-refractivity contribution in [3.63, 3.8) is 0 Å². The van der Waals surface area contributed by atoms with Crippen LogP contribution in [0, 0.1) is 5.92 Å². The summed E-state index contributed by atoms with van der Waals surface area (Å²) in [5.41, 5.74) is 1.36. The Hall–Kier alpha value is -1.09. The van der Waals surface area contributed by atoms with Crippen LogP contribution in [-0.2, 0) is 0 Å². The zero-order valence-corrected chi connectivity index (χ0v) is 11.8. The molecule has 0 bridgehead atoms. The second kappa shape index (κ2) is 6.19. The molecule has 3 nitrogen and oxygen atoms in total. The summed E-state index contributed by atoms with van der Waals surface area (Å²) in [5, 5.41) is 3.49. The summed E-state index contributed by atoms with van der Waals surface area (Å²) < 4.78 is 0. The van der Waals surface area contributed by atoms with Gasteiger partial charge in [-0.2, -0.15) is 0 Å². The Morgan fingerprint density at radius 2 is 2.28 bits per heavy atom. The second-order valence-electron chi connectivity index (χ2n) is 5.71. The van der Waals surface area contributed by atoms with Crippen LogP contribution in [-0.4, -0.2) is 30.0 Å². The summed E-state index contributed by atoms with van der Waals surface area (Å²) in [7, 11) is 2.23. The Labute approximate surface area is 111 Å². The van der Waals surface area contributed by atoms with E-state index in [4.69, 9.17) is 0 Å². The van der Waals surface area contributed by atoms with Gasteiger partial charge in [-0.3, -0.25) is 4.90 Å². The van der Waals surface area contributed by atoms with Crippen molar-refractivity contribution in [2.24, 2.45) is 5.92 Å². The van der Waals surface area contributed by atoms with E-state index in [1.165, 1.54) is 31.4 Å². The molecule has 2 heterocycles. The minimum Gasteiger partial charge on any atom is -0.370 e. The standard InChI is InChI=1S/C15H25N3/c1-12(2)11-17-15-13(7-6-9-16-15)14-8-4-5-10-18(14)3/h6-7,9,12,14H,4-5,8,10-11H2,1-3H3,(H,16,17). The van der Waals surface area contributed by atoms with Crippen LogP contribution < -0.4 is 5.32 Å². The molecule has 1 atom stereocenters. The van der Waals surface area contributed by atoms with E-state index in [-0.39, 0.29) is 0 Å². The highest BCUT2D eigenvalue weighted by Gasteiger charge is 2.23. The fourth-order valence-electron chi connectivity index (χ4n) is 2.60. The number of hydrogen-bond donors (Lipinski definition) is 1. The second-order valence-corrected chi connectivity index (χ2v) is 5.71. The molecular weight excluding hydrogens is 222 g/mol. The first-order valence-corrected chi connectivity index (χ1v) is 7.07. The van der Waals surface area contributed by atoms with E-state index in [0.717, 1.165) is 12.4 Å². The van der Waals surface area contributed by atoms with Crippen LogP contribution in [0.4, 0.5) is 5.82 Å². The molecule has 0 spiro atoms. The van der Waals surface area contributed by atoms with Gasteiger partial charge in [-0.25, -0.2) is 4.98 Å². The molecule has 1 fully saturated rings. The normalized spacial score (nSPS) is 21.2. The lowest BCUT2D eigenvalue weighted by Gasteiger charge is -2.33. The third-order valence-corrected chi connectivity index (χ3v) is 3.65. The minimum absolute atomic E-state index is 0.530. The van der Waals surface area contributed by atoms with Gasteiger partial charge >= 0.3 is 0 Å². The van der Waals surface area contributed by atoms with Crippen LogP contribution in [0.1, 0.15) is 44.7 Å². The van der Waals surface area contributed by atoms with Gasteiger partial charge in [0.1, 0.15) is 5.82 Å². The molecule has 0 aromatic carbocycles. The van der Waals surface area contributed by atoms with Crippen molar-refractivity contribution >= 4 is 5.82 Å². The molecule has 1 aliphatic rings. The van der Waals surface area contributed by atoms with Crippen molar-refractivity contribution in [2.45, 2.75) is 39.2 Å². The molecule has 0 aliphatic carbocycles. The van der Waals surface area contributed by atoms with Crippen molar-refractivity contribution < 1.29 is 0 Å². The average Bonchev–Trinajstić information content (AvgIpc) is 2.37. The van der Waals surface area contributed by atoms with E-state index in [1.807, 2.05) is 6.20 Å². The summed E-state index contributed by atoms with van der Waals surface area (Å²) in [5.74, 6) is 1.72. The molecule has 1 aromatic heterocycles. The molecule has 1 N–H and O–H groups in total. The number of hydrogen-bond acceptors (Lipinski definition) is 3. The van der Waals surface area contributed by atoms with Crippen molar-refractivity contribution in [3.8, 4) is 0 Å². The Bertz CT molecular complexity index is 376. The summed E-state index contributed by atoms with van der Waals surface area (Å²) >= 11 is 0. The van der Waals surface area contributed by atoms with Gasteiger partial charge in [0.2, 0.25) is 0 Å². The molecule has 0 saturated carbocycles. The molecule has 18 heavy (non-hydrogen) atoms. The molecule has 1 aromatic rings. The van der Waals surface area contributed by atoms with Crippen molar-refractivity contribution in [2.75, 3.05) is 25.5 Å². The highest BCUT2D eigenvalue weighted by molar-refractivity contribution is 5.45. The van der Waals surface area contributed by atoms with Crippen LogP contribution >= 0.6 is 0 Å². The fourth-order valence-corrected chi connectivity index (χ4v) is 2.60. The quantitative estimate of drug-likeness (QED) is 0.884. The third-order valence-electron chi connectivity index (χ3n) is 3.65. The van der Waals surface area contributed by atoms with Crippen LogP contribution in [0.2, 0.25) is 0 Å².